The molecule has 4 rings (SSSR count). The molecule has 0 unspecified atom stereocenters. The molecule has 1 saturated heterocycles. The zero-order chi connectivity index (χ0) is 23.4. The molecule has 2 heterocycles. The van der Waals surface area contributed by atoms with Crippen molar-refractivity contribution in [2.75, 3.05) is 18.4 Å². The Morgan fingerprint density at radius 1 is 1.15 bits per heavy atom. The first-order valence-electron chi connectivity index (χ1n) is 10.9. The lowest BCUT2D eigenvalue weighted by Gasteiger charge is -2.30. The lowest BCUT2D eigenvalue weighted by atomic mass is 10.0. The fraction of sp³-hybridized carbons (Fsp3) is 0.333. The van der Waals surface area contributed by atoms with Gasteiger partial charge in [-0.1, -0.05) is 6.92 Å². The highest BCUT2D eigenvalue weighted by Gasteiger charge is 2.28. The van der Waals surface area contributed by atoms with Crippen molar-refractivity contribution >= 4 is 21.6 Å². The van der Waals surface area contributed by atoms with Gasteiger partial charge in [-0.05, 0) is 67.3 Å². The molecule has 9 heteroatoms. The maximum absolute atomic E-state index is 12.9. The summed E-state index contributed by atoms with van der Waals surface area (Å²) in [4.78, 5) is 17.0. The normalized spacial score (nSPS) is 17.0. The Morgan fingerprint density at radius 3 is 2.52 bits per heavy atom. The second kappa shape index (κ2) is 9.76. The average Bonchev–Trinajstić information content (AvgIpc) is 3.23. The van der Waals surface area contributed by atoms with Crippen LogP contribution in [0.4, 0.5) is 5.69 Å². The van der Waals surface area contributed by atoms with E-state index < -0.39 is 10.0 Å². The Morgan fingerprint density at radius 2 is 1.88 bits per heavy atom. The van der Waals surface area contributed by atoms with Crippen LogP contribution in [0.5, 0.6) is 5.75 Å². The number of anilines is 1. The molecule has 3 aromatic rings. The number of sulfonamides is 1. The minimum absolute atomic E-state index is 0.240. The van der Waals surface area contributed by atoms with Crippen molar-refractivity contribution in [3.63, 3.8) is 0 Å². The van der Waals surface area contributed by atoms with Gasteiger partial charge in [0.15, 0.2) is 0 Å². The molecule has 0 radical (unpaired) electrons. The third kappa shape index (κ3) is 5.43. The van der Waals surface area contributed by atoms with Gasteiger partial charge in [0, 0.05) is 43.8 Å². The van der Waals surface area contributed by atoms with Crippen molar-refractivity contribution in [3.8, 4) is 5.75 Å². The quantitative estimate of drug-likeness (QED) is 0.571. The van der Waals surface area contributed by atoms with E-state index in [4.69, 9.17) is 4.74 Å². The van der Waals surface area contributed by atoms with Gasteiger partial charge >= 0.3 is 0 Å². The first-order valence-corrected chi connectivity index (χ1v) is 12.4. The number of amides is 1. The minimum Gasteiger partial charge on any atom is -0.486 e. The Bertz CT molecular complexity index is 1200. The molecule has 174 valence electrons. The smallest absolute Gasteiger partial charge is 0.255 e. The number of carbonyl (C=O) groups excluding carboxylic acids is 1. The summed E-state index contributed by atoms with van der Waals surface area (Å²) >= 11 is 0. The number of hydrogen-bond donors (Lipinski definition) is 1. The van der Waals surface area contributed by atoms with Gasteiger partial charge in [0.25, 0.3) is 5.91 Å². The molecular formula is C24H28N4O4S. The van der Waals surface area contributed by atoms with Gasteiger partial charge in [-0.2, -0.15) is 4.31 Å². The summed E-state index contributed by atoms with van der Waals surface area (Å²) in [5.41, 5.74) is 0.999. The third-order valence-electron chi connectivity index (χ3n) is 5.78. The summed E-state index contributed by atoms with van der Waals surface area (Å²) in [6.45, 7) is 3.49. The topological polar surface area (TPSA) is 93.5 Å². The fourth-order valence-corrected chi connectivity index (χ4v) is 5.41. The monoisotopic (exact) mass is 468 g/mol. The summed E-state index contributed by atoms with van der Waals surface area (Å²) in [6, 6.07) is 13.1. The van der Waals surface area contributed by atoms with Crippen molar-refractivity contribution in [3.05, 3.63) is 72.3 Å². The summed E-state index contributed by atoms with van der Waals surface area (Å²) in [5.74, 6) is 1.51. The van der Waals surface area contributed by atoms with E-state index in [9.17, 15) is 13.2 Å². The number of imidazole rings is 1. The number of rotatable bonds is 7. The van der Waals surface area contributed by atoms with Crippen LogP contribution in [0, 0.1) is 5.92 Å². The van der Waals surface area contributed by atoms with Gasteiger partial charge in [0.05, 0.1) is 4.90 Å². The van der Waals surface area contributed by atoms with Gasteiger partial charge in [-0.15, -0.1) is 0 Å². The molecule has 2 aromatic carbocycles. The Hall–Kier alpha value is -3.17. The molecule has 1 N–H and O–H groups in total. The highest BCUT2D eigenvalue weighted by molar-refractivity contribution is 7.89. The van der Waals surface area contributed by atoms with Crippen LogP contribution in [0.25, 0.3) is 0 Å². The predicted molar refractivity (Wildman–Crippen MR) is 126 cm³/mol. The number of nitrogens with one attached hydrogen (secondary N) is 1. The van der Waals surface area contributed by atoms with Gasteiger partial charge in [0.2, 0.25) is 10.0 Å². The molecule has 1 amide bonds. The SMILES string of the molecule is C[C@@H]1CCCN(S(=O)(=O)c2ccc(NC(=O)c3ccc(OCc4nccn4C)cc3)cc2)C1. The molecule has 0 bridgehead atoms. The van der Waals surface area contributed by atoms with Gasteiger partial charge < -0.3 is 14.6 Å². The summed E-state index contributed by atoms with van der Waals surface area (Å²) in [5, 5.41) is 2.80. The van der Waals surface area contributed by atoms with Crippen LogP contribution in [0.1, 0.15) is 35.9 Å². The van der Waals surface area contributed by atoms with Gasteiger partial charge in [-0.3, -0.25) is 4.79 Å². The van der Waals surface area contributed by atoms with Crippen molar-refractivity contribution < 1.29 is 17.9 Å². The van der Waals surface area contributed by atoms with E-state index in [1.54, 1.807) is 59.0 Å². The van der Waals surface area contributed by atoms with Crippen LogP contribution < -0.4 is 10.1 Å². The summed E-state index contributed by atoms with van der Waals surface area (Å²) in [7, 11) is -1.62. The Labute approximate surface area is 194 Å². The highest BCUT2D eigenvalue weighted by atomic mass is 32.2. The average molecular weight is 469 g/mol. The zero-order valence-electron chi connectivity index (χ0n) is 18.8. The second-order valence-corrected chi connectivity index (χ2v) is 10.3. The minimum atomic E-state index is -3.52. The largest absolute Gasteiger partial charge is 0.486 e. The first kappa shape index (κ1) is 23.0. The molecular weight excluding hydrogens is 440 g/mol. The number of aryl methyl sites for hydroxylation is 1. The van der Waals surface area contributed by atoms with Gasteiger partial charge in [-0.25, -0.2) is 13.4 Å². The highest BCUT2D eigenvalue weighted by Crippen LogP contribution is 2.24. The Balaban J connectivity index is 1.36. The van der Waals surface area contributed by atoms with Crippen LogP contribution in [0.2, 0.25) is 0 Å². The van der Waals surface area contributed by atoms with Crippen LogP contribution >= 0.6 is 0 Å². The molecule has 0 saturated carbocycles. The molecule has 1 fully saturated rings. The van der Waals surface area contributed by atoms with Crippen molar-refractivity contribution in [1.29, 1.82) is 0 Å². The van der Waals surface area contributed by atoms with Crippen LogP contribution in [0.15, 0.2) is 65.8 Å². The van der Waals surface area contributed by atoms with Gasteiger partial charge in [0.1, 0.15) is 18.2 Å². The van der Waals surface area contributed by atoms with Crippen molar-refractivity contribution in [2.45, 2.75) is 31.3 Å². The summed E-state index contributed by atoms with van der Waals surface area (Å²) < 4.78 is 34.9. The molecule has 0 spiro atoms. The third-order valence-corrected chi connectivity index (χ3v) is 7.65. The van der Waals surface area contributed by atoms with E-state index in [2.05, 4.69) is 17.2 Å². The molecule has 8 nitrogen and oxygen atoms in total. The van der Waals surface area contributed by atoms with Crippen LogP contribution in [-0.2, 0) is 23.7 Å². The van der Waals surface area contributed by atoms with E-state index >= 15 is 0 Å². The number of aromatic nitrogens is 2. The number of nitrogens with zero attached hydrogens (tertiary/aromatic N) is 3. The fourth-order valence-electron chi connectivity index (χ4n) is 3.81. The number of benzene rings is 2. The molecule has 0 aliphatic carbocycles. The first-order chi connectivity index (χ1) is 15.8. The second-order valence-electron chi connectivity index (χ2n) is 8.36. The van der Waals surface area contributed by atoms with Crippen molar-refractivity contribution in [2.24, 2.45) is 13.0 Å². The molecule has 33 heavy (non-hydrogen) atoms. The zero-order valence-corrected chi connectivity index (χ0v) is 19.6. The molecule has 1 aliphatic rings. The standard InChI is InChI=1S/C24H28N4O4S/c1-18-4-3-14-28(16-18)33(30,31)22-11-7-20(8-12-22)26-24(29)19-5-9-21(10-6-19)32-17-23-25-13-15-27(23)2/h5-13,15,18H,3-4,14,16-17H2,1-2H3,(H,26,29)/t18-/m1/s1. The van der Waals surface area contributed by atoms with E-state index in [1.807, 2.05) is 17.8 Å². The van der Waals surface area contributed by atoms with E-state index in [0.717, 1.165) is 18.7 Å². The molecule has 1 aliphatic heterocycles. The van der Waals surface area contributed by atoms with Crippen molar-refractivity contribution in [1.82, 2.24) is 13.9 Å². The maximum atomic E-state index is 12.9. The lowest BCUT2D eigenvalue weighted by Crippen LogP contribution is -2.39. The maximum Gasteiger partial charge on any atom is 0.255 e. The lowest BCUT2D eigenvalue weighted by molar-refractivity contribution is 0.102. The number of carbonyl (C=O) groups is 1. The Kier molecular flexibility index (Phi) is 6.80. The molecule has 1 atom stereocenters. The number of piperidine rings is 1. The summed E-state index contributed by atoms with van der Waals surface area (Å²) in [6.07, 6.45) is 5.49. The van der Waals surface area contributed by atoms with E-state index in [-0.39, 0.29) is 10.8 Å². The predicted octanol–water partition coefficient (Wildman–Crippen LogP) is 3.67. The van der Waals surface area contributed by atoms with Crippen LogP contribution in [-0.4, -0.2) is 41.3 Å². The molecule has 1 aromatic heterocycles. The van der Waals surface area contributed by atoms with E-state index in [1.165, 1.54) is 0 Å². The van der Waals surface area contributed by atoms with E-state index in [0.29, 0.717) is 42.6 Å². The van der Waals surface area contributed by atoms with Crippen LogP contribution in [0.3, 0.4) is 0 Å². The number of ether oxygens (including phenoxy) is 1. The number of hydrogen-bond acceptors (Lipinski definition) is 5.